The van der Waals surface area contributed by atoms with Crippen LogP contribution in [0.5, 0.6) is 5.75 Å². The first kappa shape index (κ1) is 22.8. The van der Waals surface area contributed by atoms with Crippen LogP contribution in [0.1, 0.15) is 56.3 Å². The molecule has 1 aromatic carbocycles. The Kier molecular flexibility index (Phi) is 8.28. The number of carbonyl (C=O) groups is 2. The zero-order valence-electron chi connectivity index (χ0n) is 18.6. The maximum absolute atomic E-state index is 12.6. The van der Waals surface area contributed by atoms with Gasteiger partial charge in [0.15, 0.2) is 5.78 Å². The molecular formula is C24H36N2O4. The highest BCUT2D eigenvalue weighted by molar-refractivity contribution is 5.96. The van der Waals surface area contributed by atoms with Gasteiger partial charge in [-0.05, 0) is 63.3 Å². The Labute approximate surface area is 180 Å². The van der Waals surface area contributed by atoms with Crippen LogP contribution >= 0.6 is 0 Å². The number of morpholine rings is 1. The van der Waals surface area contributed by atoms with Crippen LogP contribution < -0.4 is 4.74 Å². The lowest BCUT2D eigenvalue weighted by Gasteiger charge is -2.39. The van der Waals surface area contributed by atoms with Crippen molar-refractivity contribution in [1.29, 1.82) is 0 Å². The number of rotatable bonds is 8. The number of benzene rings is 1. The summed E-state index contributed by atoms with van der Waals surface area (Å²) in [6, 6.07) is 7.15. The molecule has 3 rings (SSSR count). The minimum atomic E-state index is 0.0816. The second kappa shape index (κ2) is 10.9. The van der Waals surface area contributed by atoms with E-state index in [2.05, 4.69) is 18.7 Å². The molecule has 6 nitrogen and oxygen atoms in total. The second-order valence-corrected chi connectivity index (χ2v) is 8.81. The van der Waals surface area contributed by atoms with Gasteiger partial charge < -0.3 is 14.4 Å². The van der Waals surface area contributed by atoms with Gasteiger partial charge in [0.05, 0.1) is 19.3 Å². The predicted octanol–water partition coefficient (Wildman–Crippen LogP) is 3.40. The van der Waals surface area contributed by atoms with E-state index >= 15 is 0 Å². The summed E-state index contributed by atoms with van der Waals surface area (Å²) in [5, 5.41) is 0. The molecule has 0 aromatic heterocycles. The maximum Gasteiger partial charge on any atom is 0.222 e. The zero-order valence-corrected chi connectivity index (χ0v) is 18.6. The molecule has 2 fully saturated rings. The molecule has 2 aliphatic heterocycles. The fourth-order valence-corrected chi connectivity index (χ4v) is 4.64. The van der Waals surface area contributed by atoms with Gasteiger partial charge in [0.1, 0.15) is 5.75 Å². The minimum Gasteiger partial charge on any atom is -0.497 e. The molecule has 0 spiro atoms. The van der Waals surface area contributed by atoms with Crippen LogP contribution in [0.4, 0.5) is 0 Å². The standard InChI is InChI=1S/C24H36N2O4/c1-18-15-25(16-19(2)30-18)17-20-11-13-26(14-12-20)24(28)6-4-5-23(27)21-7-9-22(29-3)10-8-21/h7-10,18-20H,4-6,11-17H2,1-3H3. The molecule has 1 aromatic rings. The third-order valence-corrected chi connectivity index (χ3v) is 6.19. The van der Waals surface area contributed by atoms with E-state index in [0.29, 0.717) is 43.0 Å². The molecule has 0 N–H and O–H groups in total. The van der Waals surface area contributed by atoms with Gasteiger partial charge in [-0.25, -0.2) is 0 Å². The second-order valence-electron chi connectivity index (χ2n) is 8.81. The Morgan fingerprint density at radius 3 is 2.27 bits per heavy atom. The molecule has 2 atom stereocenters. The van der Waals surface area contributed by atoms with Crippen molar-refractivity contribution in [2.75, 3.05) is 39.8 Å². The molecule has 2 heterocycles. The van der Waals surface area contributed by atoms with Gasteiger partial charge in [0.2, 0.25) is 5.91 Å². The van der Waals surface area contributed by atoms with Gasteiger partial charge in [0, 0.05) is 51.1 Å². The molecule has 2 aliphatic rings. The van der Waals surface area contributed by atoms with E-state index in [1.165, 1.54) is 0 Å². The number of amides is 1. The lowest BCUT2D eigenvalue weighted by atomic mass is 9.95. The van der Waals surface area contributed by atoms with Gasteiger partial charge >= 0.3 is 0 Å². The van der Waals surface area contributed by atoms with Crippen molar-refractivity contribution < 1.29 is 19.1 Å². The lowest BCUT2D eigenvalue weighted by molar-refractivity contribution is -0.132. The molecule has 0 bridgehead atoms. The van der Waals surface area contributed by atoms with E-state index in [-0.39, 0.29) is 11.7 Å². The summed E-state index contributed by atoms with van der Waals surface area (Å²) < 4.78 is 10.9. The number of piperidine rings is 1. The summed E-state index contributed by atoms with van der Waals surface area (Å²) in [6.45, 7) is 9.08. The van der Waals surface area contributed by atoms with Crippen molar-refractivity contribution >= 4 is 11.7 Å². The Morgan fingerprint density at radius 2 is 1.67 bits per heavy atom. The smallest absolute Gasteiger partial charge is 0.222 e. The zero-order chi connectivity index (χ0) is 21.5. The molecule has 2 unspecified atom stereocenters. The maximum atomic E-state index is 12.6. The molecule has 0 saturated carbocycles. The number of ether oxygens (including phenoxy) is 2. The first-order valence-corrected chi connectivity index (χ1v) is 11.3. The number of carbonyl (C=O) groups excluding carboxylic acids is 2. The third kappa shape index (κ3) is 6.54. The highest BCUT2D eigenvalue weighted by Gasteiger charge is 2.27. The van der Waals surface area contributed by atoms with Gasteiger partial charge in [0.25, 0.3) is 0 Å². The molecule has 2 saturated heterocycles. The van der Waals surface area contributed by atoms with Crippen molar-refractivity contribution in [3.05, 3.63) is 29.8 Å². The largest absolute Gasteiger partial charge is 0.497 e. The quantitative estimate of drug-likeness (QED) is 0.608. The number of Topliss-reactive ketones (excluding diaryl/α,β-unsaturated/α-hetero) is 1. The van der Waals surface area contributed by atoms with Gasteiger partial charge in [-0.3, -0.25) is 14.5 Å². The summed E-state index contributed by atoms with van der Waals surface area (Å²) in [6.07, 6.45) is 4.19. The summed E-state index contributed by atoms with van der Waals surface area (Å²) >= 11 is 0. The number of hydrogen-bond acceptors (Lipinski definition) is 5. The third-order valence-electron chi connectivity index (χ3n) is 6.19. The van der Waals surface area contributed by atoms with Crippen molar-refractivity contribution in [3.63, 3.8) is 0 Å². The van der Waals surface area contributed by atoms with E-state index < -0.39 is 0 Å². The van der Waals surface area contributed by atoms with Crippen LogP contribution in [0.15, 0.2) is 24.3 Å². The monoisotopic (exact) mass is 416 g/mol. The summed E-state index contributed by atoms with van der Waals surface area (Å²) in [7, 11) is 1.61. The van der Waals surface area contributed by atoms with Crippen LogP contribution in [0.2, 0.25) is 0 Å². The SMILES string of the molecule is COc1ccc(C(=O)CCCC(=O)N2CCC(CN3CC(C)OC(C)C3)CC2)cc1. The van der Waals surface area contributed by atoms with E-state index in [9.17, 15) is 9.59 Å². The molecule has 166 valence electrons. The van der Waals surface area contributed by atoms with Crippen LogP contribution in [0.3, 0.4) is 0 Å². The van der Waals surface area contributed by atoms with Crippen molar-refractivity contribution in [2.45, 2.75) is 58.2 Å². The molecule has 0 aliphatic carbocycles. The highest BCUT2D eigenvalue weighted by Crippen LogP contribution is 2.22. The Hall–Kier alpha value is -1.92. The fourth-order valence-electron chi connectivity index (χ4n) is 4.64. The number of methoxy groups -OCH3 is 1. The summed E-state index contributed by atoms with van der Waals surface area (Å²) in [5.41, 5.74) is 0.677. The Morgan fingerprint density at radius 1 is 1.03 bits per heavy atom. The molecule has 30 heavy (non-hydrogen) atoms. The number of ketones is 1. The lowest BCUT2D eigenvalue weighted by Crippen LogP contribution is -2.48. The molecule has 1 amide bonds. The van der Waals surface area contributed by atoms with E-state index in [1.54, 1.807) is 31.4 Å². The Balaban J connectivity index is 1.34. The first-order chi connectivity index (χ1) is 14.4. The molecule has 6 heteroatoms. The van der Waals surface area contributed by atoms with Crippen LogP contribution in [0, 0.1) is 5.92 Å². The van der Waals surface area contributed by atoms with Crippen LogP contribution in [-0.2, 0) is 9.53 Å². The fraction of sp³-hybridized carbons (Fsp3) is 0.667. The average molecular weight is 417 g/mol. The van der Waals surface area contributed by atoms with Crippen LogP contribution in [-0.4, -0.2) is 73.5 Å². The minimum absolute atomic E-state index is 0.0816. The normalized spacial score (nSPS) is 23.4. The molecule has 0 radical (unpaired) electrons. The first-order valence-electron chi connectivity index (χ1n) is 11.3. The van der Waals surface area contributed by atoms with E-state index in [4.69, 9.17) is 9.47 Å². The predicted molar refractivity (Wildman–Crippen MR) is 117 cm³/mol. The topological polar surface area (TPSA) is 59.1 Å². The van der Waals surface area contributed by atoms with E-state index in [1.807, 2.05) is 4.90 Å². The highest BCUT2D eigenvalue weighted by atomic mass is 16.5. The van der Waals surface area contributed by atoms with Crippen molar-refractivity contribution in [2.24, 2.45) is 5.92 Å². The number of nitrogens with zero attached hydrogens (tertiary/aromatic N) is 2. The number of likely N-dealkylation sites (tertiary alicyclic amines) is 1. The molecular weight excluding hydrogens is 380 g/mol. The summed E-state index contributed by atoms with van der Waals surface area (Å²) in [4.78, 5) is 29.4. The van der Waals surface area contributed by atoms with E-state index in [0.717, 1.165) is 51.3 Å². The summed E-state index contributed by atoms with van der Waals surface area (Å²) in [5.74, 6) is 1.66. The average Bonchev–Trinajstić information content (AvgIpc) is 2.73. The van der Waals surface area contributed by atoms with Crippen LogP contribution in [0.25, 0.3) is 0 Å². The van der Waals surface area contributed by atoms with Gasteiger partial charge in [-0.2, -0.15) is 0 Å². The van der Waals surface area contributed by atoms with Crippen molar-refractivity contribution in [3.8, 4) is 5.75 Å². The van der Waals surface area contributed by atoms with Crippen molar-refractivity contribution in [1.82, 2.24) is 9.80 Å². The van der Waals surface area contributed by atoms with Gasteiger partial charge in [-0.15, -0.1) is 0 Å². The Bertz CT molecular complexity index is 688. The van der Waals surface area contributed by atoms with Gasteiger partial charge in [-0.1, -0.05) is 0 Å². The number of hydrogen-bond donors (Lipinski definition) is 0.